The molecule has 1 atom stereocenters. The molecule has 3 nitrogen and oxygen atoms in total. The normalized spacial score (nSPS) is 11.8. The number of Topliss-reactive ketones (excluding diaryl/α,β-unsaturated/α-hetero) is 1. The molecule has 0 aliphatic carbocycles. The first-order chi connectivity index (χ1) is 9.59. The maximum Gasteiger partial charge on any atom is 0.336 e. The Labute approximate surface area is 117 Å². The van der Waals surface area contributed by atoms with Crippen LogP contribution in [-0.4, -0.2) is 16.9 Å². The second-order valence-corrected chi connectivity index (χ2v) is 4.81. The Bertz CT molecular complexity index is 617. The lowest BCUT2D eigenvalue weighted by Crippen LogP contribution is -2.17. The third kappa shape index (κ3) is 3.12. The lowest BCUT2D eigenvalue weighted by molar-refractivity contribution is 0.0690. The first kappa shape index (κ1) is 14.0. The van der Waals surface area contributed by atoms with E-state index in [1.54, 1.807) is 18.2 Å². The number of ketones is 1. The first-order valence-corrected chi connectivity index (χ1v) is 6.50. The molecule has 0 radical (unpaired) electrons. The summed E-state index contributed by atoms with van der Waals surface area (Å²) in [6.07, 6.45) is 0.605. The standard InChI is InChI=1S/C17H16O3/c1-12(11-13-7-3-2-4-8-13)16(18)14-9-5-6-10-15(14)17(19)20/h2-10,12H,11H2,1H3,(H,19,20)/t12-/m1/s1. The summed E-state index contributed by atoms with van der Waals surface area (Å²) in [6, 6.07) is 16.1. The molecule has 2 rings (SSSR count). The molecule has 1 N–H and O–H groups in total. The van der Waals surface area contributed by atoms with Crippen LogP contribution < -0.4 is 0 Å². The minimum Gasteiger partial charge on any atom is -0.478 e. The highest BCUT2D eigenvalue weighted by molar-refractivity contribution is 6.06. The van der Waals surface area contributed by atoms with Gasteiger partial charge in [0.1, 0.15) is 0 Å². The molecule has 2 aromatic rings. The van der Waals surface area contributed by atoms with Crippen molar-refractivity contribution < 1.29 is 14.7 Å². The zero-order valence-electron chi connectivity index (χ0n) is 11.2. The molecule has 2 aromatic carbocycles. The smallest absolute Gasteiger partial charge is 0.336 e. The van der Waals surface area contributed by atoms with E-state index in [0.29, 0.717) is 6.42 Å². The van der Waals surface area contributed by atoms with E-state index in [4.69, 9.17) is 5.11 Å². The number of carboxylic acid groups (broad SMARTS) is 1. The molecule has 0 saturated carbocycles. The molecular formula is C17H16O3. The summed E-state index contributed by atoms with van der Waals surface area (Å²) >= 11 is 0. The third-order valence-electron chi connectivity index (χ3n) is 3.26. The van der Waals surface area contributed by atoms with Crippen LogP contribution in [0.1, 0.15) is 33.2 Å². The van der Waals surface area contributed by atoms with Crippen LogP contribution in [-0.2, 0) is 6.42 Å². The van der Waals surface area contributed by atoms with Crippen LogP contribution in [0.25, 0.3) is 0 Å². The molecule has 0 spiro atoms. The molecular weight excluding hydrogens is 252 g/mol. The summed E-state index contributed by atoms with van der Waals surface area (Å²) in [6.45, 7) is 1.83. The molecule has 3 heteroatoms. The Morgan fingerprint density at radius 2 is 1.50 bits per heavy atom. The summed E-state index contributed by atoms with van der Waals surface area (Å²) < 4.78 is 0. The average molecular weight is 268 g/mol. The molecule has 0 aliphatic heterocycles. The SMILES string of the molecule is C[C@H](Cc1ccccc1)C(=O)c1ccccc1C(=O)O. The largest absolute Gasteiger partial charge is 0.478 e. The van der Waals surface area contributed by atoms with Crippen LogP contribution in [0.4, 0.5) is 0 Å². The van der Waals surface area contributed by atoms with Crippen molar-refractivity contribution in [2.75, 3.05) is 0 Å². The highest BCUT2D eigenvalue weighted by atomic mass is 16.4. The fraction of sp³-hybridized carbons (Fsp3) is 0.176. The van der Waals surface area contributed by atoms with Crippen LogP contribution in [0.3, 0.4) is 0 Å². The summed E-state index contributed by atoms with van der Waals surface area (Å²) in [5.41, 5.74) is 1.42. The van der Waals surface area contributed by atoms with Gasteiger partial charge >= 0.3 is 5.97 Å². The van der Waals surface area contributed by atoms with Gasteiger partial charge in [-0.05, 0) is 18.1 Å². The second kappa shape index (κ2) is 6.15. The average Bonchev–Trinajstić information content (AvgIpc) is 2.47. The lowest BCUT2D eigenvalue weighted by atomic mass is 9.90. The monoisotopic (exact) mass is 268 g/mol. The van der Waals surface area contributed by atoms with Crippen molar-refractivity contribution in [3.63, 3.8) is 0 Å². The van der Waals surface area contributed by atoms with Crippen LogP contribution in [0.5, 0.6) is 0 Å². The molecule has 102 valence electrons. The first-order valence-electron chi connectivity index (χ1n) is 6.50. The van der Waals surface area contributed by atoms with Crippen LogP contribution in [0.15, 0.2) is 54.6 Å². The van der Waals surface area contributed by atoms with Gasteiger partial charge in [0, 0.05) is 11.5 Å². The van der Waals surface area contributed by atoms with Crippen molar-refractivity contribution in [2.45, 2.75) is 13.3 Å². The van der Waals surface area contributed by atoms with Gasteiger partial charge in [-0.1, -0.05) is 55.5 Å². The number of carbonyl (C=O) groups is 2. The summed E-state index contributed by atoms with van der Waals surface area (Å²) in [5.74, 6) is -1.45. The van der Waals surface area contributed by atoms with E-state index < -0.39 is 5.97 Å². The van der Waals surface area contributed by atoms with Gasteiger partial charge in [-0.25, -0.2) is 4.79 Å². The fourth-order valence-corrected chi connectivity index (χ4v) is 2.21. The highest BCUT2D eigenvalue weighted by Gasteiger charge is 2.21. The Morgan fingerprint density at radius 3 is 2.10 bits per heavy atom. The van der Waals surface area contributed by atoms with Gasteiger partial charge < -0.3 is 5.11 Å². The third-order valence-corrected chi connectivity index (χ3v) is 3.26. The zero-order valence-corrected chi connectivity index (χ0v) is 11.2. The van der Waals surface area contributed by atoms with Gasteiger partial charge in [0.25, 0.3) is 0 Å². The Kier molecular flexibility index (Phi) is 4.31. The number of hydrogen-bond donors (Lipinski definition) is 1. The molecule has 0 bridgehead atoms. The van der Waals surface area contributed by atoms with Gasteiger partial charge in [-0.3, -0.25) is 4.79 Å². The van der Waals surface area contributed by atoms with Gasteiger partial charge in [-0.15, -0.1) is 0 Å². The van der Waals surface area contributed by atoms with E-state index in [0.717, 1.165) is 5.56 Å². The molecule has 0 amide bonds. The summed E-state index contributed by atoms with van der Waals surface area (Å²) in [5, 5.41) is 9.13. The Balaban J connectivity index is 2.21. The number of aromatic carboxylic acids is 1. The van der Waals surface area contributed by atoms with E-state index in [1.165, 1.54) is 6.07 Å². The van der Waals surface area contributed by atoms with Gasteiger partial charge in [0.05, 0.1) is 5.56 Å². The Morgan fingerprint density at radius 1 is 0.950 bits per heavy atom. The molecule has 0 aliphatic rings. The van der Waals surface area contributed by atoms with Crippen molar-refractivity contribution in [2.24, 2.45) is 5.92 Å². The second-order valence-electron chi connectivity index (χ2n) is 4.81. The molecule has 0 fully saturated rings. The quantitative estimate of drug-likeness (QED) is 0.845. The van der Waals surface area contributed by atoms with Crippen LogP contribution in [0, 0.1) is 5.92 Å². The maximum atomic E-state index is 12.4. The minimum atomic E-state index is -1.07. The van der Waals surface area contributed by atoms with Gasteiger partial charge in [0.2, 0.25) is 0 Å². The molecule has 20 heavy (non-hydrogen) atoms. The van der Waals surface area contributed by atoms with Crippen molar-refractivity contribution in [1.29, 1.82) is 0 Å². The number of benzene rings is 2. The zero-order chi connectivity index (χ0) is 14.5. The Hall–Kier alpha value is -2.42. The summed E-state index contributed by atoms with van der Waals surface area (Å²) in [4.78, 5) is 23.6. The number of rotatable bonds is 5. The maximum absolute atomic E-state index is 12.4. The predicted octanol–water partition coefficient (Wildman–Crippen LogP) is 3.45. The van der Waals surface area contributed by atoms with Gasteiger partial charge in [0.15, 0.2) is 5.78 Å². The number of hydrogen-bond acceptors (Lipinski definition) is 2. The van der Waals surface area contributed by atoms with Gasteiger partial charge in [-0.2, -0.15) is 0 Å². The molecule has 0 heterocycles. The highest BCUT2D eigenvalue weighted by Crippen LogP contribution is 2.17. The van der Waals surface area contributed by atoms with Crippen molar-refractivity contribution in [3.8, 4) is 0 Å². The van der Waals surface area contributed by atoms with E-state index in [2.05, 4.69) is 0 Å². The molecule has 0 unspecified atom stereocenters. The minimum absolute atomic E-state index is 0.0670. The van der Waals surface area contributed by atoms with Crippen molar-refractivity contribution in [1.82, 2.24) is 0 Å². The number of carbonyl (C=O) groups excluding carboxylic acids is 1. The van der Waals surface area contributed by atoms with E-state index >= 15 is 0 Å². The van der Waals surface area contributed by atoms with Crippen LogP contribution >= 0.6 is 0 Å². The number of carboxylic acids is 1. The van der Waals surface area contributed by atoms with Crippen molar-refractivity contribution >= 4 is 11.8 Å². The molecule has 0 saturated heterocycles. The van der Waals surface area contributed by atoms with Crippen LogP contribution in [0.2, 0.25) is 0 Å². The van der Waals surface area contributed by atoms with E-state index in [-0.39, 0.29) is 22.8 Å². The predicted molar refractivity (Wildman–Crippen MR) is 77.0 cm³/mol. The van der Waals surface area contributed by atoms with E-state index in [9.17, 15) is 9.59 Å². The van der Waals surface area contributed by atoms with Crippen molar-refractivity contribution in [3.05, 3.63) is 71.3 Å². The molecule has 0 aromatic heterocycles. The fourth-order valence-electron chi connectivity index (χ4n) is 2.21. The van der Waals surface area contributed by atoms with E-state index in [1.807, 2.05) is 37.3 Å². The lowest BCUT2D eigenvalue weighted by Gasteiger charge is -2.12. The topological polar surface area (TPSA) is 54.4 Å². The summed E-state index contributed by atoms with van der Waals surface area (Å²) in [7, 11) is 0.